The SMILES string of the molecule is O=C(C=Cc1ccc2c(c1)OCO2)N(Cc1cnc2ccccn12)C1CC1. The number of hydrogen-bond acceptors (Lipinski definition) is 4. The van der Waals surface area contributed by atoms with Crippen LogP contribution in [-0.2, 0) is 11.3 Å². The van der Waals surface area contributed by atoms with Crippen molar-refractivity contribution in [3.63, 3.8) is 0 Å². The number of fused-ring (bicyclic) bond motifs is 2. The average molecular weight is 361 g/mol. The maximum absolute atomic E-state index is 12.8. The number of imidazole rings is 1. The van der Waals surface area contributed by atoms with Crippen LogP contribution in [0.1, 0.15) is 24.1 Å². The number of carbonyl (C=O) groups is 1. The van der Waals surface area contributed by atoms with Gasteiger partial charge in [-0.05, 0) is 48.7 Å². The number of aromatic nitrogens is 2. The zero-order valence-corrected chi connectivity index (χ0v) is 14.7. The molecule has 0 atom stereocenters. The quantitative estimate of drug-likeness (QED) is 0.655. The molecule has 5 rings (SSSR count). The zero-order chi connectivity index (χ0) is 18.2. The summed E-state index contributed by atoms with van der Waals surface area (Å²) in [5.41, 5.74) is 2.83. The Kier molecular flexibility index (Phi) is 3.81. The predicted octanol–water partition coefficient (Wildman–Crippen LogP) is 3.27. The highest BCUT2D eigenvalue weighted by molar-refractivity contribution is 5.92. The van der Waals surface area contributed by atoms with Crippen LogP contribution >= 0.6 is 0 Å². The van der Waals surface area contributed by atoms with Crippen LogP contribution in [0.4, 0.5) is 0 Å². The first-order valence-corrected chi connectivity index (χ1v) is 9.07. The van der Waals surface area contributed by atoms with E-state index < -0.39 is 0 Å². The molecule has 3 heterocycles. The molecule has 2 aliphatic rings. The third kappa shape index (κ3) is 3.14. The van der Waals surface area contributed by atoms with Gasteiger partial charge in [0.2, 0.25) is 12.7 Å². The van der Waals surface area contributed by atoms with Crippen molar-refractivity contribution in [1.82, 2.24) is 14.3 Å². The molecule has 1 aliphatic heterocycles. The van der Waals surface area contributed by atoms with Gasteiger partial charge >= 0.3 is 0 Å². The van der Waals surface area contributed by atoms with Crippen LogP contribution < -0.4 is 9.47 Å². The molecule has 1 fully saturated rings. The molecule has 0 bridgehead atoms. The summed E-state index contributed by atoms with van der Waals surface area (Å²) in [6.07, 6.45) is 9.41. The Labute approximate surface area is 156 Å². The summed E-state index contributed by atoms with van der Waals surface area (Å²) >= 11 is 0. The van der Waals surface area contributed by atoms with Crippen LogP contribution in [0.15, 0.2) is 54.9 Å². The van der Waals surface area contributed by atoms with Crippen molar-refractivity contribution in [3.05, 3.63) is 66.1 Å². The summed E-state index contributed by atoms with van der Waals surface area (Å²) in [7, 11) is 0. The van der Waals surface area contributed by atoms with Gasteiger partial charge in [0.1, 0.15) is 5.65 Å². The minimum atomic E-state index is 0.0149. The van der Waals surface area contributed by atoms with Gasteiger partial charge in [-0.25, -0.2) is 4.98 Å². The van der Waals surface area contributed by atoms with E-state index in [-0.39, 0.29) is 12.7 Å². The lowest BCUT2D eigenvalue weighted by molar-refractivity contribution is -0.127. The molecule has 2 aromatic heterocycles. The first-order valence-electron chi connectivity index (χ1n) is 9.07. The van der Waals surface area contributed by atoms with Gasteiger partial charge in [0.05, 0.1) is 18.4 Å². The van der Waals surface area contributed by atoms with Crippen molar-refractivity contribution in [3.8, 4) is 11.5 Å². The molecule has 0 saturated heterocycles. The van der Waals surface area contributed by atoms with E-state index in [1.54, 1.807) is 6.08 Å². The lowest BCUT2D eigenvalue weighted by Gasteiger charge is -2.20. The summed E-state index contributed by atoms with van der Waals surface area (Å²) in [5, 5.41) is 0. The first-order chi connectivity index (χ1) is 13.3. The summed E-state index contributed by atoms with van der Waals surface area (Å²) < 4.78 is 12.7. The number of benzene rings is 1. The minimum Gasteiger partial charge on any atom is -0.454 e. The van der Waals surface area contributed by atoms with E-state index in [4.69, 9.17) is 9.47 Å². The highest BCUT2D eigenvalue weighted by Crippen LogP contribution is 2.33. The largest absolute Gasteiger partial charge is 0.454 e. The normalized spacial score (nSPS) is 15.6. The van der Waals surface area contributed by atoms with Gasteiger partial charge in [-0.3, -0.25) is 4.79 Å². The fourth-order valence-corrected chi connectivity index (χ4v) is 3.33. The Balaban J connectivity index is 1.35. The van der Waals surface area contributed by atoms with Gasteiger partial charge in [0.15, 0.2) is 11.5 Å². The van der Waals surface area contributed by atoms with E-state index in [1.807, 2.05) is 64.2 Å². The molecule has 27 heavy (non-hydrogen) atoms. The fourth-order valence-electron chi connectivity index (χ4n) is 3.33. The molecular formula is C21H19N3O3. The predicted molar refractivity (Wildman–Crippen MR) is 100 cm³/mol. The Bertz CT molecular complexity index is 1040. The number of rotatable bonds is 5. The van der Waals surface area contributed by atoms with Crippen molar-refractivity contribution in [1.29, 1.82) is 0 Å². The monoisotopic (exact) mass is 361 g/mol. The maximum atomic E-state index is 12.8. The fraction of sp³-hybridized carbons (Fsp3) is 0.238. The van der Waals surface area contributed by atoms with Crippen molar-refractivity contribution in [2.24, 2.45) is 0 Å². The van der Waals surface area contributed by atoms with Crippen molar-refractivity contribution in [2.75, 3.05) is 6.79 Å². The molecule has 1 amide bonds. The van der Waals surface area contributed by atoms with Gasteiger partial charge in [-0.15, -0.1) is 0 Å². The Morgan fingerprint density at radius 1 is 1.22 bits per heavy atom. The van der Waals surface area contributed by atoms with Crippen molar-refractivity contribution in [2.45, 2.75) is 25.4 Å². The zero-order valence-electron chi connectivity index (χ0n) is 14.7. The molecule has 0 radical (unpaired) electrons. The number of ether oxygens (including phenoxy) is 2. The molecule has 136 valence electrons. The molecule has 1 aliphatic carbocycles. The molecule has 1 aromatic carbocycles. The van der Waals surface area contributed by atoms with Crippen molar-refractivity contribution >= 4 is 17.6 Å². The van der Waals surface area contributed by atoms with Crippen LogP contribution in [0, 0.1) is 0 Å². The number of nitrogens with zero attached hydrogens (tertiary/aromatic N) is 3. The lowest BCUT2D eigenvalue weighted by atomic mass is 10.2. The second kappa shape index (κ2) is 6.46. The molecular weight excluding hydrogens is 342 g/mol. The third-order valence-corrected chi connectivity index (χ3v) is 4.91. The Morgan fingerprint density at radius 3 is 3.00 bits per heavy atom. The summed E-state index contributed by atoms with van der Waals surface area (Å²) in [5.74, 6) is 1.47. The third-order valence-electron chi connectivity index (χ3n) is 4.91. The number of carbonyl (C=O) groups excluding carboxylic acids is 1. The van der Waals surface area contributed by atoms with E-state index >= 15 is 0 Å². The van der Waals surface area contributed by atoms with Gasteiger partial charge in [-0.2, -0.15) is 0 Å². The van der Waals surface area contributed by atoms with E-state index in [2.05, 4.69) is 4.98 Å². The highest BCUT2D eigenvalue weighted by atomic mass is 16.7. The summed E-state index contributed by atoms with van der Waals surface area (Å²) in [6.45, 7) is 0.802. The first kappa shape index (κ1) is 15.9. The maximum Gasteiger partial charge on any atom is 0.247 e. The number of amides is 1. The van der Waals surface area contributed by atoms with Crippen LogP contribution in [-0.4, -0.2) is 33.0 Å². The summed E-state index contributed by atoms with van der Waals surface area (Å²) in [6, 6.07) is 11.9. The smallest absolute Gasteiger partial charge is 0.247 e. The van der Waals surface area contributed by atoms with Crippen molar-refractivity contribution < 1.29 is 14.3 Å². The Morgan fingerprint density at radius 2 is 2.11 bits per heavy atom. The van der Waals surface area contributed by atoms with E-state index in [1.165, 1.54) is 0 Å². The summed E-state index contributed by atoms with van der Waals surface area (Å²) in [4.78, 5) is 19.2. The van der Waals surface area contributed by atoms with Gasteiger partial charge in [0.25, 0.3) is 0 Å². The van der Waals surface area contributed by atoms with Gasteiger partial charge in [0, 0.05) is 18.3 Å². The highest BCUT2D eigenvalue weighted by Gasteiger charge is 2.32. The van der Waals surface area contributed by atoms with Crippen LogP contribution in [0.25, 0.3) is 11.7 Å². The second-order valence-corrected chi connectivity index (χ2v) is 6.82. The van der Waals surface area contributed by atoms with E-state index in [0.717, 1.165) is 41.2 Å². The molecule has 0 spiro atoms. The standard InChI is InChI=1S/C21H19N3O3/c25-21(9-5-15-4-8-18-19(11-15)27-14-26-18)24(16-6-7-16)13-17-12-22-20-3-1-2-10-23(17)20/h1-5,8-12,16H,6-7,13-14H2. The molecule has 6 nitrogen and oxygen atoms in total. The van der Waals surface area contributed by atoms with Crippen LogP contribution in [0.2, 0.25) is 0 Å². The molecule has 0 N–H and O–H groups in total. The molecule has 0 unspecified atom stereocenters. The lowest BCUT2D eigenvalue weighted by Crippen LogP contribution is -2.31. The second-order valence-electron chi connectivity index (χ2n) is 6.82. The van der Waals surface area contributed by atoms with Crippen LogP contribution in [0.3, 0.4) is 0 Å². The average Bonchev–Trinajstić information content (AvgIpc) is 3.29. The van der Waals surface area contributed by atoms with E-state index in [9.17, 15) is 4.79 Å². The van der Waals surface area contributed by atoms with Crippen LogP contribution in [0.5, 0.6) is 11.5 Å². The van der Waals surface area contributed by atoms with Gasteiger partial charge < -0.3 is 18.8 Å². The van der Waals surface area contributed by atoms with E-state index in [0.29, 0.717) is 12.6 Å². The topological polar surface area (TPSA) is 56.1 Å². The molecule has 6 heteroatoms. The molecule has 3 aromatic rings. The number of pyridine rings is 1. The number of hydrogen-bond donors (Lipinski definition) is 0. The molecule has 1 saturated carbocycles. The van der Waals surface area contributed by atoms with Gasteiger partial charge in [-0.1, -0.05) is 12.1 Å². The minimum absolute atomic E-state index is 0.0149. The Hall–Kier alpha value is -3.28.